The van der Waals surface area contributed by atoms with E-state index in [0.717, 1.165) is 34.4 Å². The van der Waals surface area contributed by atoms with Crippen LogP contribution in [0, 0.1) is 18.3 Å². The molecule has 0 bridgehead atoms. The Bertz CT molecular complexity index is 720. The quantitative estimate of drug-likeness (QED) is 0.865. The number of nitrogens with zero attached hydrogens (tertiary/aromatic N) is 4. The lowest BCUT2D eigenvalue weighted by molar-refractivity contribution is -0.119. The number of hydrogen-bond donors (Lipinski definition) is 0. The van der Waals surface area contributed by atoms with E-state index in [1.807, 2.05) is 19.1 Å². The van der Waals surface area contributed by atoms with Crippen LogP contribution in [0.5, 0.6) is 0 Å². The predicted molar refractivity (Wildman–Crippen MR) is 87.0 cm³/mol. The Morgan fingerprint density at radius 2 is 2.14 bits per heavy atom. The maximum absolute atomic E-state index is 12.7. The lowest BCUT2D eigenvalue weighted by Gasteiger charge is -2.31. The first-order valence-electron chi connectivity index (χ1n) is 6.95. The van der Waals surface area contributed by atoms with Crippen LogP contribution in [-0.2, 0) is 4.79 Å². The molecule has 1 amide bonds. The third kappa shape index (κ3) is 3.13. The number of amides is 1. The van der Waals surface area contributed by atoms with Crippen molar-refractivity contribution in [2.75, 3.05) is 11.4 Å². The molecule has 1 aromatic carbocycles. The van der Waals surface area contributed by atoms with Gasteiger partial charge in [-0.2, -0.15) is 5.26 Å². The first-order chi connectivity index (χ1) is 10.7. The molecule has 1 atom stereocenters. The fourth-order valence-electron chi connectivity index (χ4n) is 2.37. The summed E-state index contributed by atoms with van der Waals surface area (Å²) >= 11 is 3.02. The van der Waals surface area contributed by atoms with Gasteiger partial charge in [-0.1, -0.05) is 23.1 Å². The first kappa shape index (κ1) is 15.0. The molecular weight excluding hydrogens is 316 g/mol. The Kier molecular flexibility index (Phi) is 4.41. The zero-order chi connectivity index (χ0) is 15.5. The van der Waals surface area contributed by atoms with Crippen LogP contribution in [0.3, 0.4) is 0 Å². The van der Waals surface area contributed by atoms with Crippen molar-refractivity contribution < 1.29 is 4.79 Å². The molecule has 1 aliphatic heterocycles. The van der Waals surface area contributed by atoms with Crippen molar-refractivity contribution in [2.45, 2.75) is 29.4 Å². The summed E-state index contributed by atoms with van der Waals surface area (Å²) in [5.74, 6) is 0.105. The fraction of sp³-hybridized carbons (Fsp3) is 0.333. The van der Waals surface area contributed by atoms with Crippen LogP contribution in [0.2, 0.25) is 0 Å². The average Bonchev–Trinajstić information content (AvgIpc) is 2.95. The molecule has 5 nitrogen and oxygen atoms in total. The summed E-state index contributed by atoms with van der Waals surface area (Å²) in [5, 5.41) is 17.7. The molecule has 112 valence electrons. The summed E-state index contributed by atoms with van der Waals surface area (Å²) < 4.78 is 0.845. The molecule has 22 heavy (non-hydrogen) atoms. The van der Waals surface area contributed by atoms with E-state index in [-0.39, 0.29) is 11.2 Å². The van der Waals surface area contributed by atoms with Gasteiger partial charge in [0.15, 0.2) is 4.34 Å². The lowest BCUT2D eigenvalue weighted by atomic mass is 10.1. The van der Waals surface area contributed by atoms with E-state index >= 15 is 0 Å². The van der Waals surface area contributed by atoms with Gasteiger partial charge in [0.05, 0.1) is 16.9 Å². The molecule has 0 radical (unpaired) electrons. The van der Waals surface area contributed by atoms with Gasteiger partial charge >= 0.3 is 0 Å². The number of aromatic nitrogens is 2. The number of anilines is 1. The molecule has 7 heteroatoms. The summed E-state index contributed by atoms with van der Waals surface area (Å²) in [5.41, 5.74) is 1.45. The van der Waals surface area contributed by atoms with Gasteiger partial charge in [0.25, 0.3) is 0 Å². The van der Waals surface area contributed by atoms with E-state index in [0.29, 0.717) is 5.56 Å². The van der Waals surface area contributed by atoms with Crippen LogP contribution in [0.25, 0.3) is 0 Å². The van der Waals surface area contributed by atoms with Crippen molar-refractivity contribution in [1.29, 1.82) is 5.26 Å². The zero-order valence-corrected chi connectivity index (χ0v) is 13.7. The van der Waals surface area contributed by atoms with Gasteiger partial charge in [0.1, 0.15) is 5.01 Å². The number of carbonyl (C=O) groups excluding carboxylic acids is 1. The number of nitriles is 1. The number of thioether (sulfide) groups is 1. The monoisotopic (exact) mass is 330 g/mol. The highest BCUT2D eigenvalue weighted by molar-refractivity contribution is 8.02. The molecule has 0 spiro atoms. The van der Waals surface area contributed by atoms with Crippen LogP contribution >= 0.6 is 23.1 Å². The molecule has 0 N–H and O–H groups in total. The summed E-state index contributed by atoms with van der Waals surface area (Å²) in [6.07, 6.45) is 1.82. The highest BCUT2D eigenvalue weighted by Crippen LogP contribution is 2.33. The number of rotatable bonds is 3. The molecule has 2 heterocycles. The van der Waals surface area contributed by atoms with Gasteiger partial charge in [-0.05, 0) is 44.0 Å². The molecule has 0 unspecified atom stereocenters. The topological polar surface area (TPSA) is 69.9 Å². The minimum atomic E-state index is -0.114. The third-order valence-electron chi connectivity index (χ3n) is 3.45. The fourth-order valence-corrected chi connectivity index (χ4v) is 4.53. The maximum atomic E-state index is 12.7. The number of hydrogen-bond acceptors (Lipinski definition) is 6. The minimum Gasteiger partial charge on any atom is -0.311 e. The van der Waals surface area contributed by atoms with E-state index in [2.05, 4.69) is 16.3 Å². The smallest absolute Gasteiger partial charge is 0.240 e. The van der Waals surface area contributed by atoms with Crippen LogP contribution in [0.1, 0.15) is 23.4 Å². The Hall–Kier alpha value is -1.91. The average molecular weight is 330 g/mol. The molecular formula is C15H14N4OS2. The second-order valence-corrected chi connectivity index (χ2v) is 7.62. The zero-order valence-electron chi connectivity index (χ0n) is 12.0. The largest absolute Gasteiger partial charge is 0.311 e. The molecule has 1 fully saturated rings. The minimum absolute atomic E-state index is 0.105. The van der Waals surface area contributed by atoms with Crippen LogP contribution in [-0.4, -0.2) is 27.9 Å². The van der Waals surface area contributed by atoms with Gasteiger partial charge in [0, 0.05) is 12.2 Å². The number of aryl methyl sites for hydroxylation is 1. The van der Waals surface area contributed by atoms with Crippen molar-refractivity contribution >= 4 is 34.7 Å². The van der Waals surface area contributed by atoms with Crippen molar-refractivity contribution in [3.8, 4) is 6.07 Å². The van der Waals surface area contributed by atoms with Gasteiger partial charge in [-0.25, -0.2) is 0 Å². The Balaban J connectivity index is 1.75. The van der Waals surface area contributed by atoms with Gasteiger partial charge in [0.2, 0.25) is 5.91 Å². The van der Waals surface area contributed by atoms with Gasteiger partial charge in [-0.3, -0.25) is 4.79 Å². The molecule has 0 saturated carbocycles. The second kappa shape index (κ2) is 6.46. The van der Waals surface area contributed by atoms with Crippen LogP contribution < -0.4 is 4.90 Å². The second-order valence-electron chi connectivity index (χ2n) is 4.98. The number of benzene rings is 1. The highest BCUT2D eigenvalue weighted by atomic mass is 32.2. The highest BCUT2D eigenvalue weighted by Gasteiger charge is 2.31. The van der Waals surface area contributed by atoms with E-state index in [4.69, 9.17) is 5.26 Å². The summed E-state index contributed by atoms with van der Waals surface area (Å²) in [4.78, 5) is 14.5. The Morgan fingerprint density at radius 1 is 1.36 bits per heavy atom. The maximum Gasteiger partial charge on any atom is 0.240 e. The van der Waals surface area contributed by atoms with Crippen LogP contribution in [0.15, 0.2) is 28.6 Å². The van der Waals surface area contributed by atoms with Crippen molar-refractivity contribution in [3.63, 3.8) is 0 Å². The van der Waals surface area contributed by atoms with Crippen molar-refractivity contribution in [1.82, 2.24) is 10.2 Å². The number of carbonyl (C=O) groups is 1. The van der Waals surface area contributed by atoms with Crippen molar-refractivity contribution in [3.05, 3.63) is 34.8 Å². The standard InChI is InChI=1S/C15H14N4OS2/c1-10-17-18-15(21-10)22-13-3-2-8-19(14(13)20)12-6-4-11(9-16)5-7-12/h4-7,13H,2-3,8H2,1H3/t13-/m0/s1. The molecule has 0 aliphatic carbocycles. The van der Waals surface area contributed by atoms with E-state index in [9.17, 15) is 4.79 Å². The van der Waals surface area contributed by atoms with E-state index < -0.39 is 0 Å². The number of piperidine rings is 1. The molecule has 3 rings (SSSR count). The normalized spacial score (nSPS) is 18.3. The summed E-state index contributed by atoms with van der Waals surface area (Å²) in [6, 6.07) is 9.24. The molecule has 2 aromatic rings. The molecule has 1 aliphatic rings. The molecule has 1 aromatic heterocycles. The lowest BCUT2D eigenvalue weighted by Crippen LogP contribution is -2.42. The van der Waals surface area contributed by atoms with Crippen LogP contribution in [0.4, 0.5) is 5.69 Å². The van der Waals surface area contributed by atoms with E-state index in [1.165, 1.54) is 23.1 Å². The van der Waals surface area contributed by atoms with Gasteiger partial charge in [-0.15, -0.1) is 10.2 Å². The third-order valence-corrected chi connectivity index (χ3v) is 5.63. The summed E-state index contributed by atoms with van der Waals surface area (Å²) in [7, 11) is 0. The van der Waals surface area contributed by atoms with Crippen molar-refractivity contribution in [2.24, 2.45) is 0 Å². The summed E-state index contributed by atoms with van der Waals surface area (Å²) in [6.45, 7) is 2.63. The first-order valence-corrected chi connectivity index (χ1v) is 8.65. The van der Waals surface area contributed by atoms with E-state index in [1.54, 1.807) is 17.0 Å². The Morgan fingerprint density at radius 3 is 2.77 bits per heavy atom. The van der Waals surface area contributed by atoms with Gasteiger partial charge < -0.3 is 4.90 Å². The Labute approximate surface area is 137 Å². The predicted octanol–water partition coefficient (Wildman–Crippen LogP) is 3.01. The molecule has 1 saturated heterocycles. The SMILES string of the molecule is Cc1nnc(S[C@H]2CCCN(c3ccc(C#N)cc3)C2=O)s1.